The van der Waals surface area contributed by atoms with Crippen LogP contribution in [-0.4, -0.2) is 42.1 Å². The zero-order valence-corrected chi connectivity index (χ0v) is 16.2. The first-order chi connectivity index (χ1) is 13.5. The van der Waals surface area contributed by atoms with Gasteiger partial charge in [0, 0.05) is 31.1 Å². The van der Waals surface area contributed by atoms with Crippen LogP contribution in [0, 0.1) is 11.3 Å². The van der Waals surface area contributed by atoms with E-state index in [1.165, 1.54) is 11.7 Å². The molecule has 0 spiro atoms. The van der Waals surface area contributed by atoms with Crippen LogP contribution in [0.15, 0.2) is 46.9 Å². The van der Waals surface area contributed by atoms with Gasteiger partial charge in [-0.2, -0.15) is 10.3 Å². The number of nitriles is 1. The third-order valence-corrected chi connectivity index (χ3v) is 4.77. The van der Waals surface area contributed by atoms with Crippen LogP contribution in [0.5, 0.6) is 0 Å². The lowest BCUT2D eigenvalue weighted by molar-refractivity contribution is -0.115. The molecular formula is C20H17N5O2S. The minimum Gasteiger partial charge on any atom is -0.369 e. The number of aliphatic imine (C=N–C) groups is 1. The summed E-state index contributed by atoms with van der Waals surface area (Å²) in [7, 11) is 3.47. The number of hydrogen-bond donors (Lipinski definition) is 1. The standard InChI is InChI=1S/C20H17N5O2S/c1-25(2)12-23-19(27)18-14(10-21)11-28-20(18)24-17(26)9-13-5-3-7-16-15(13)6-4-8-22-16/h3-8,11-12H,9H2,1-2H3,(H,24,26)/b23-12+. The van der Waals surface area contributed by atoms with Crippen LogP contribution in [0.25, 0.3) is 10.9 Å². The van der Waals surface area contributed by atoms with Crippen LogP contribution in [0.4, 0.5) is 5.00 Å². The second-order valence-electron chi connectivity index (χ2n) is 6.19. The molecule has 1 N–H and O–H groups in total. The summed E-state index contributed by atoms with van der Waals surface area (Å²) < 4.78 is 0. The first kappa shape index (κ1) is 19.2. The molecular weight excluding hydrogens is 374 g/mol. The topological polar surface area (TPSA) is 98.5 Å². The molecule has 0 atom stereocenters. The average Bonchev–Trinajstić information content (AvgIpc) is 3.09. The van der Waals surface area contributed by atoms with E-state index in [1.54, 1.807) is 25.2 Å². The number of anilines is 1. The molecule has 0 bridgehead atoms. The Hall–Kier alpha value is -3.57. The number of benzene rings is 1. The molecule has 0 aliphatic carbocycles. The molecule has 7 nitrogen and oxygen atoms in total. The van der Waals surface area contributed by atoms with Gasteiger partial charge in [-0.3, -0.25) is 14.6 Å². The van der Waals surface area contributed by atoms with Crippen molar-refractivity contribution in [1.29, 1.82) is 5.26 Å². The van der Waals surface area contributed by atoms with Crippen molar-refractivity contribution < 1.29 is 9.59 Å². The molecule has 2 heterocycles. The van der Waals surface area contributed by atoms with Crippen molar-refractivity contribution in [1.82, 2.24) is 9.88 Å². The van der Waals surface area contributed by atoms with Crippen LogP contribution < -0.4 is 5.32 Å². The average molecular weight is 391 g/mol. The normalized spacial score (nSPS) is 10.8. The molecule has 0 radical (unpaired) electrons. The highest BCUT2D eigenvalue weighted by molar-refractivity contribution is 7.15. The highest BCUT2D eigenvalue weighted by Crippen LogP contribution is 2.29. The Labute approximate surface area is 166 Å². The van der Waals surface area contributed by atoms with E-state index in [0.29, 0.717) is 5.00 Å². The SMILES string of the molecule is CN(C)/C=N/C(=O)c1c(C#N)csc1NC(=O)Cc1cccc2ncccc12. The van der Waals surface area contributed by atoms with Crippen LogP contribution in [0.1, 0.15) is 21.5 Å². The second kappa shape index (κ2) is 8.41. The Bertz CT molecular complexity index is 1110. The molecule has 2 aromatic heterocycles. The molecule has 0 saturated carbocycles. The smallest absolute Gasteiger partial charge is 0.282 e. The van der Waals surface area contributed by atoms with Gasteiger partial charge < -0.3 is 10.2 Å². The highest BCUT2D eigenvalue weighted by atomic mass is 32.1. The number of fused-ring (bicyclic) bond motifs is 1. The van der Waals surface area contributed by atoms with Gasteiger partial charge in [0.25, 0.3) is 5.91 Å². The maximum absolute atomic E-state index is 12.6. The van der Waals surface area contributed by atoms with Crippen LogP contribution in [0.2, 0.25) is 0 Å². The quantitative estimate of drug-likeness (QED) is 0.532. The number of pyridine rings is 1. The number of hydrogen-bond acceptors (Lipinski definition) is 5. The fourth-order valence-corrected chi connectivity index (χ4v) is 3.54. The van der Waals surface area contributed by atoms with E-state index >= 15 is 0 Å². The van der Waals surface area contributed by atoms with Crippen molar-refractivity contribution in [3.05, 3.63) is 58.6 Å². The van der Waals surface area contributed by atoms with Crippen molar-refractivity contribution in [3.63, 3.8) is 0 Å². The molecule has 0 aliphatic heterocycles. The maximum Gasteiger partial charge on any atom is 0.282 e. The lowest BCUT2D eigenvalue weighted by atomic mass is 10.1. The van der Waals surface area contributed by atoms with Gasteiger partial charge in [0.2, 0.25) is 5.91 Å². The molecule has 0 fully saturated rings. The first-order valence-corrected chi connectivity index (χ1v) is 9.26. The Balaban J connectivity index is 1.84. The number of carbonyl (C=O) groups excluding carboxylic acids is 2. The third kappa shape index (κ3) is 4.22. The molecule has 2 amide bonds. The van der Waals surface area contributed by atoms with Crippen molar-refractivity contribution in [3.8, 4) is 6.07 Å². The van der Waals surface area contributed by atoms with E-state index < -0.39 is 5.91 Å². The zero-order chi connectivity index (χ0) is 20.1. The van der Waals surface area contributed by atoms with Gasteiger partial charge in [-0.1, -0.05) is 18.2 Å². The summed E-state index contributed by atoms with van der Waals surface area (Å²) in [6.07, 6.45) is 3.18. The number of rotatable bonds is 5. The number of carbonyl (C=O) groups is 2. The fourth-order valence-electron chi connectivity index (χ4n) is 2.64. The second-order valence-corrected chi connectivity index (χ2v) is 7.07. The molecule has 140 valence electrons. The predicted molar refractivity (Wildman–Crippen MR) is 110 cm³/mol. The minimum atomic E-state index is -0.573. The largest absolute Gasteiger partial charge is 0.369 e. The maximum atomic E-state index is 12.6. The van der Waals surface area contributed by atoms with Gasteiger partial charge in [-0.15, -0.1) is 11.3 Å². The summed E-state index contributed by atoms with van der Waals surface area (Å²) in [5.74, 6) is -0.857. The van der Waals surface area contributed by atoms with Gasteiger partial charge in [0.1, 0.15) is 11.1 Å². The Kier molecular flexibility index (Phi) is 5.77. The molecule has 1 aromatic carbocycles. The monoisotopic (exact) mass is 391 g/mol. The van der Waals surface area contributed by atoms with Crippen molar-refractivity contribution in [2.24, 2.45) is 4.99 Å². The number of nitrogens with zero attached hydrogens (tertiary/aromatic N) is 4. The van der Waals surface area contributed by atoms with Gasteiger partial charge in [-0.25, -0.2) is 0 Å². The van der Waals surface area contributed by atoms with Gasteiger partial charge >= 0.3 is 0 Å². The van der Waals surface area contributed by atoms with E-state index in [-0.39, 0.29) is 23.5 Å². The van der Waals surface area contributed by atoms with E-state index in [9.17, 15) is 14.9 Å². The summed E-state index contributed by atoms with van der Waals surface area (Å²) in [6, 6.07) is 11.3. The van der Waals surface area contributed by atoms with Crippen LogP contribution in [0.3, 0.4) is 0 Å². The Morgan fingerprint density at radius 1 is 1.32 bits per heavy atom. The van der Waals surface area contributed by atoms with Crippen molar-refractivity contribution in [2.75, 3.05) is 19.4 Å². The number of aromatic nitrogens is 1. The van der Waals surface area contributed by atoms with E-state index in [0.717, 1.165) is 27.8 Å². The van der Waals surface area contributed by atoms with E-state index in [2.05, 4.69) is 15.3 Å². The van der Waals surface area contributed by atoms with Crippen LogP contribution in [-0.2, 0) is 11.2 Å². The first-order valence-electron chi connectivity index (χ1n) is 8.38. The predicted octanol–water partition coefficient (Wildman–Crippen LogP) is 3.08. The van der Waals surface area contributed by atoms with Crippen LogP contribution >= 0.6 is 11.3 Å². The molecule has 3 aromatic rings. The molecule has 8 heteroatoms. The number of thiophene rings is 1. The van der Waals surface area contributed by atoms with Gasteiger partial charge in [-0.05, 0) is 17.7 Å². The van der Waals surface area contributed by atoms with Gasteiger partial charge in [0.05, 0.1) is 29.4 Å². The Morgan fingerprint density at radius 3 is 2.89 bits per heavy atom. The molecule has 3 rings (SSSR count). The Morgan fingerprint density at radius 2 is 2.14 bits per heavy atom. The van der Waals surface area contributed by atoms with Crippen molar-refractivity contribution in [2.45, 2.75) is 6.42 Å². The summed E-state index contributed by atoms with van der Waals surface area (Å²) in [6.45, 7) is 0. The van der Waals surface area contributed by atoms with Gasteiger partial charge in [0.15, 0.2) is 0 Å². The van der Waals surface area contributed by atoms with E-state index in [4.69, 9.17) is 0 Å². The van der Waals surface area contributed by atoms with Crippen molar-refractivity contribution >= 4 is 45.4 Å². The minimum absolute atomic E-state index is 0.110. The summed E-state index contributed by atoms with van der Waals surface area (Å²) in [4.78, 5) is 34.7. The molecule has 0 saturated heterocycles. The number of amides is 2. The number of nitrogens with one attached hydrogen (secondary N) is 1. The lowest BCUT2D eigenvalue weighted by Crippen LogP contribution is -2.16. The molecule has 28 heavy (non-hydrogen) atoms. The highest BCUT2D eigenvalue weighted by Gasteiger charge is 2.20. The molecule has 0 aliphatic rings. The fraction of sp³-hybridized carbons (Fsp3) is 0.150. The summed E-state index contributed by atoms with van der Waals surface area (Å²) in [5.41, 5.74) is 1.94. The lowest BCUT2D eigenvalue weighted by Gasteiger charge is -2.08. The third-order valence-electron chi connectivity index (χ3n) is 3.87. The zero-order valence-electron chi connectivity index (χ0n) is 15.3. The molecule has 0 unspecified atom stereocenters. The summed E-state index contributed by atoms with van der Waals surface area (Å²) in [5, 5.41) is 14.8. The summed E-state index contributed by atoms with van der Waals surface area (Å²) >= 11 is 1.13. The van der Waals surface area contributed by atoms with E-state index in [1.807, 2.05) is 36.4 Å².